The molecule has 3 heterocycles. The maximum absolute atomic E-state index is 6.61. The second kappa shape index (κ2) is 8.88. The molecule has 6 nitrogen and oxygen atoms in total. The molecule has 0 unspecified atom stereocenters. The van der Waals surface area contributed by atoms with E-state index in [1.54, 1.807) is 7.11 Å². The molecule has 0 aliphatic carbocycles. The highest BCUT2D eigenvalue weighted by Gasteiger charge is 2.43. The third-order valence-corrected chi connectivity index (χ3v) is 5.90. The second-order valence-electron chi connectivity index (χ2n) is 7.99. The highest BCUT2D eigenvalue weighted by atomic mass is 16.6. The minimum Gasteiger partial charge on any atom is -0.497 e. The van der Waals surface area contributed by atoms with Gasteiger partial charge < -0.3 is 18.9 Å². The van der Waals surface area contributed by atoms with Crippen LogP contribution in [0.15, 0.2) is 24.3 Å². The van der Waals surface area contributed by atoms with E-state index in [9.17, 15) is 0 Å². The normalized spacial score (nSPS) is 30.5. The molecule has 1 spiro atoms. The Morgan fingerprint density at radius 3 is 2.56 bits per heavy atom. The van der Waals surface area contributed by atoms with E-state index in [2.05, 4.69) is 21.9 Å². The van der Waals surface area contributed by atoms with Gasteiger partial charge in [0.2, 0.25) is 0 Å². The summed E-state index contributed by atoms with van der Waals surface area (Å²) in [5, 5.41) is 0. The molecule has 3 aliphatic heterocycles. The van der Waals surface area contributed by atoms with Crippen molar-refractivity contribution >= 4 is 0 Å². The number of methoxy groups -OCH3 is 1. The molecule has 6 heteroatoms. The van der Waals surface area contributed by atoms with Crippen LogP contribution in [0.2, 0.25) is 0 Å². The summed E-state index contributed by atoms with van der Waals surface area (Å²) in [5.74, 6) is 0.902. The highest BCUT2D eigenvalue weighted by molar-refractivity contribution is 5.27. The van der Waals surface area contributed by atoms with Gasteiger partial charge in [-0.3, -0.25) is 9.80 Å². The largest absolute Gasteiger partial charge is 0.497 e. The Morgan fingerprint density at radius 2 is 1.78 bits per heavy atom. The summed E-state index contributed by atoms with van der Waals surface area (Å²) in [6, 6.07) is 8.36. The van der Waals surface area contributed by atoms with Gasteiger partial charge in [-0.15, -0.1) is 0 Å². The third kappa shape index (κ3) is 5.00. The van der Waals surface area contributed by atoms with Crippen LogP contribution in [-0.2, 0) is 20.8 Å². The van der Waals surface area contributed by atoms with Crippen molar-refractivity contribution in [2.45, 2.75) is 31.1 Å². The summed E-state index contributed by atoms with van der Waals surface area (Å²) in [5.41, 5.74) is 1.15. The van der Waals surface area contributed by atoms with Crippen molar-refractivity contribution in [3.05, 3.63) is 29.8 Å². The molecule has 150 valence electrons. The topological polar surface area (TPSA) is 43.4 Å². The quantitative estimate of drug-likeness (QED) is 0.781. The van der Waals surface area contributed by atoms with E-state index in [0.717, 1.165) is 77.7 Å². The van der Waals surface area contributed by atoms with Crippen molar-refractivity contribution in [1.82, 2.24) is 9.80 Å². The summed E-state index contributed by atoms with van der Waals surface area (Å²) in [6.45, 7) is 9.05. The molecule has 1 aromatic rings. The Labute approximate surface area is 162 Å². The van der Waals surface area contributed by atoms with Crippen molar-refractivity contribution < 1.29 is 18.9 Å². The van der Waals surface area contributed by atoms with Crippen molar-refractivity contribution in [1.29, 1.82) is 0 Å². The van der Waals surface area contributed by atoms with Gasteiger partial charge in [-0.1, -0.05) is 12.1 Å². The van der Waals surface area contributed by atoms with E-state index in [-0.39, 0.29) is 5.60 Å². The SMILES string of the molecule is COc1ccc(CN2CCOC[C@@]3(CC[C@@H](CN4CCOCC4)O3)C2)cc1. The lowest BCUT2D eigenvalue weighted by Gasteiger charge is -2.33. The van der Waals surface area contributed by atoms with Gasteiger partial charge in [0.25, 0.3) is 0 Å². The predicted octanol–water partition coefficient (Wildman–Crippen LogP) is 1.78. The van der Waals surface area contributed by atoms with E-state index >= 15 is 0 Å². The van der Waals surface area contributed by atoms with E-state index in [1.807, 2.05) is 12.1 Å². The highest BCUT2D eigenvalue weighted by Crippen LogP contribution is 2.34. The number of hydrogen-bond acceptors (Lipinski definition) is 6. The number of morpholine rings is 1. The van der Waals surface area contributed by atoms with Crippen LogP contribution in [0.4, 0.5) is 0 Å². The molecule has 0 amide bonds. The summed E-state index contributed by atoms with van der Waals surface area (Å²) in [6.07, 6.45) is 2.52. The standard InChI is InChI=1S/C21H32N2O4/c1-24-19-4-2-18(3-5-19)14-23-10-13-26-17-21(16-23)7-6-20(27-21)15-22-8-11-25-12-9-22/h2-5,20H,6-17H2,1H3/t20-,21+/m0/s1. The average molecular weight is 376 g/mol. The molecule has 0 saturated carbocycles. The van der Waals surface area contributed by atoms with Crippen LogP contribution in [0, 0.1) is 0 Å². The Kier molecular flexibility index (Phi) is 6.30. The van der Waals surface area contributed by atoms with Gasteiger partial charge in [0.15, 0.2) is 0 Å². The van der Waals surface area contributed by atoms with E-state index in [0.29, 0.717) is 12.7 Å². The number of nitrogens with zero attached hydrogens (tertiary/aromatic N) is 2. The fraction of sp³-hybridized carbons (Fsp3) is 0.714. The second-order valence-corrected chi connectivity index (χ2v) is 7.99. The van der Waals surface area contributed by atoms with Gasteiger partial charge in [-0.25, -0.2) is 0 Å². The summed E-state index contributed by atoms with van der Waals surface area (Å²) >= 11 is 0. The van der Waals surface area contributed by atoms with Gasteiger partial charge in [-0.2, -0.15) is 0 Å². The predicted molar refractivity (Wildman–Crippen MR) is 103 cm³/mol. The van der Waals surface area contributed by atoms with Crippen molar-refractivity contribution in [2.24, 2.45) is 0 Å². The first-order valence-electron chi connectivity index (χ1n) is 10.2. The lowest BCUT2D eigenvalue weighted by molar-refractivity contribution is -0.0967. The van der Waals surface area contributed by atoms with Crippen LogP contribution in [0.5, 0.6) is 5.75 Å². The molecule has 0 aromatic heterocycles. The first-order chi connectivity index (χ1) is 13.2. The molecular weight excluding hydrogens is 344 g/mol. The lowest BCUT2D eigenvalue weighted by atomic mass is 9.99. The van der Waals surface area contributed by atoms with Crippen LogP contribution < -0.4 is 4.74 Å². The maximum atomic E-state index is 6.61. The molecule has 1 aromatic carbocycles. The Morgan fingerprint density at radius 1 is 1.04 bits per heavy atom. The average Bonchev–Trinajstić information content (AvgIpc) is 2.97. The summed E-state index contributed by atoms with van der Waals surface area (Å²) in [4.78, 5) is 4.95. The molecule has 0 N–H and O–H groups in total. The van der Waals surface area contributed by atoms with E-state index in [1.165, 1.54) is 5.56 Å². The zero-order valence-electron chi connectivity index (χ0n) is 16.4. The Hall–Kier alpha value is -1.18. The molecule has 3 saturated heterocycles. The molecule has 3 fully saturated rings. The summed E-state index contributed by atoms with van der Waals surface area (Å²) < 4.78 is 23.3. The van der Waals surface area contributed by atoms with E-state index in [4.69, 9.17) is 18.9 Å². The number of ether oxygens (including phenoxy) is 4. The minimum atomic E-state index is -0.153. The van der Waals surface area contributed by atoms with E-state index < -0.39 is 0 Å². The molecule has 2 atom stereocenters. The zero-order valence-corrected chi connectivity index (χ0v) is 16.4. The van der Waals surface area contributed by atoms with Gasteiger partial charge in [0, 0.05) is 39.3 Å². The lowest BCUT2D eigenvalue weighted by Crippen LogP contribution is -2.46. The summed E-state index contributed by atoms with van der Waals surface area (Å²) in [7, 11) is 1.70. The van der Waals surface area contributed by atoms with Crippen molar-refractivity contribution in [2.75, 3.05) is 66.3 Å². The number of rotatable bonds is 5. The van der Waals surface area contributed by atoms with Crippen LogP contribution >= 0.6 is 0 Å². The Balaban J connectivity index is 1.34. The maximum Gasteiger partial charge on any atom is 0.118 e. The van der Waals surface area contributed by atoms with Gasteiger partial charge in [0.1, 0.15) is 11.4 Å². The van der Waals surface area contributed by atoms with Gasteiger partial charge in [-0.05, 0) is 30.5 Å². The smallest absolute Gasteiger partial charge is 0.118 e. The van der Waals surface area contributed by atoms with Crippen LogP contribution in [0.25, 0.3) is 0 Å². The first kappa shape index (κ1) is 19.2. The Bertz CT molecular complexity index is 590. The van der Waals surface area contributed by atoms with Gasteiger partial charge in [0.05, 0.1) is 39.6 Å². The van der Waals surface area contributed by atoms with Crippen LogP contribution in [0.1, 0.15) is 18.4 Å². The molecule has 4 rings (SSSR count). The fourth-order valence-electron chi connectivity index (χ4n) is 4.43. The third-order valence-electron chi connectivity index (χ3n) is 5.90. The number of hydrogen-bond donors (Lipinski definition) is 0. The first-order valence-corrected chi connectivity index (χ1v) is 10.2. The molecule has 0 radical (unpaired) electrons. The zero-order chi connectivity index (χ0) is 18.5. The van der Waals surface area contributed by atoms with Crippen LogP contribution in [-0.4, -0.2) is 87.8 Å². The minimum absolute atomic E-state index is 0.153. The number of benzene rings is 1. The van der Waals surface area contributed by atoms with Crippen molar-refractivity contribution in [3.8, 4) is 5.75 Å². The van der Waals surface area contributed by atoms with Gasteiger partial charge >= 0.3 is 0 Å². The molecule has 27 heavy (non-hydrogen) atoms. The molecule has 3 aliphatic rings. The fourth-order valence-corrected chi connectivity index (χ4v) is 4.43. The van der Waals surface area contributed by atoms with Crippen LogP contribution in [0.3, 0.4) is 0 Å². The van der Waals surface area contributed by atoms with Crippen molar-refractivity contribution in [3.63, 3.8) is 0 Å². The molecular formula is C21H32N2O4. The molecule has 0 bridgehead atoms. The monoisotopic (exact) mass is 376 g/mol.